The van der Waals surface area contributed by atoms with Gasteiger partial charge >= 0.3 is 0 Å². The predicted molar refractivity (Wildman–Crippen MR) is 64.0 cm³/mol. The average Bonchev–Trinajstić information content (AvgIpc) is 3.01. The van der Waals surface area contributed by atoms with E-state index in [1.54, 1.807) is 12.4 Å². The summed E-state index contributed by atoms with van der Waals surface area (Å²) in [5, 5.41) is 9.02. The van der Waals surface area contributed by atoms with Crippen molar-refractivity contribution in [2.45, 2.75) is 31.6 Å². The van der Waals surface area contributed by atoms with E-state index in [4.69, 9.17) is 11.6 Å². The van der Waals surface area contributed by atoms with Crippen molar-refractivity contribution in [3.05, 3.63) is 23.4 Å². The highest BCUT2D eigenvalue weighted by Gasteiger charge is 2.42. The van der Waals surface area contributed by atoms with Crippen LogP contribution in [-0.2, 0) is 0 Å². The van der Waals surface area contributed by atoms with Gasteiger partial charge in [-0.3, -0.25) is 4.40 Å². The van der Waals surface area contributed by atoms with Crippen LogP contribution in [0.3, 0.4) is 0 Å². The molecule has 17 heavy (non-hydrogen) atoms. The zero-order valence-electron chi connectivity index (χ0n) is 9.38. The molecular weight excluding hydrogens is 236 g/mol. The Labute approximate surface area is 104 Å². The molecule has 2 aliphatic carbocycles. The van der Waals surface area contributed by atoms with E-state index in [1.807, 2.05) is 4.40 Å². The van der Waals surface area contributed by atoms with Crippen LogP contribution in [0.5, 0.6) is 0 Å². The molecule has 0 aromatic carbocycles. The molecule has 5 heteroatoms. The minimum absolute atomic E-state index is 0.476. The van der Waals surface area contributed by atoms with Crippen molar-refractivity contribution in [1.82, 2.24) is 19.6 Å². The first-order chi connectivity index (χ1) is 8.31. The van der Waals surface area contributed by atoms with Gasteiger partial charge in [0.1, 0.15) is 17.3 Å². The van der Waals surface area contributed by atoms with Crippen LogP contribution in [0.25, 0.3) is 5.65 Å². The number of rotatable bonds is 1. The number of hydrogen-bond donors (Lipinski definition) is 0. The highest BCUT2D eigenvalue weighted by atomic mass is 35.5. The molecular formula is C12H13ClN4. The molecule has 3 atom stereocenters. The van der Waals surface area contributed by atoms with Crippen molar-refractivity contribution in [3.63, 3.8) is 0 Å². The van der Waals surface area contributed by atoms with Crippen molar-refractivity contribution in [2.75, 3.05) is 0 Å². The number of halogens is 1. The molecule has 0 spiro atoms. The summed E-state index contributed by atoms with van der Waals surface area (Å²) >= 11 is 5.86. The molecule has 2 heterocycles. The summed E-state index contributed by atoms with van der Waals surface area (Å²) in [5.41, 5.74) is 0.808. The maximum atomic E-state index is 5.86. The topological polar surface area (TPSA) is 43.1 Å². The zero-order valence-corrected chi connectivity index (χ0v) is 10.1. The van der Waals surface area contributed by atoms with Crippen LogP contribution in [0.2, 0.25) is 5.15 Å². The highest BCUT2D eigenvalue weighted by molar-refractivity contribution is 6.29. The molecule has 2 bridgehead atoms. The summed E-state index contributed by atoms with van der Waals surface area (Å²) < 4.78 is 2.00. The Morgan fingerprint density at radius 3 is 2.94 bits per heavy atom. The third-order valence-electron chi connectivity index (χ3n) is 4.36. The molecule has 2 aliphatic rings. The maximum absolute atomic E-state index is 5.86. The molecule has 2 aromatic heterocycles. The molecule has 2 fully saturated rings. The lowest BCUT2D eigenvalue weighted by atomic mass is 9.88. The van der Waals surface area contributed by atoms with Gasteiger partial charge in [-0.05, 0) is 31.1 Å². The quantitative estimate of drug-likeness (QED) is 0.729. The van der Waals surface area contributed by atoms with Crippen LogP contribution in [0, 0.1) is 11.8 Å². The number of aromatic nitrogens is 4. The minimum Gasteiger partial charge on any atom is -0.269 e. The van der Waals surface area contributed by atoms with Crippen molar-refractivity contribution >= 4 is 17.2 Å². The van der Waals surface area contributed by atoms with Gasteiger partial charge in [0.15, 0.2) is 5.65 Å². The Bertz CT molecular complexity index is 579. The second-order valence-electron chi connectivity index (χ2n) is 5.28. The molecule has 88 valence electrons. The fraction of sp³-hybridized carbons (Fsp3) is 0.583. The molecule has 2 saturated carbocycles. The van der Waals surface area contributed by atoms with Crippen LogP contribution in [-0.4, -0.2) is 19.6 Å². The molecule has 3 unspecified atom stereocenters. The SMILES string of the molecule is Clc1cc2nnc(C3CC4CCC3C4)n2cn1. The van der Waals surface area contributed by atoms with E-state index in [0.717, 1.165) is 23.3 Å². The first-order valence-corrected chi connectivity index (χ1v) is 6.55. The number of hydrogen-bond acceptors (Lipinski definition) is 3. The molecule has 0 N–H and O–H groups in total. The summed E-state index contributed by atoms with van der Waals surface area (Å²) in [6.07, 6.45) is 7.15. The average molecular weight is 249 g/mol. The fourth-order valence-electron chi connectivity index (χ4n) is 3.60. The predicted octanol–water partition coefficient (Wildman–Crippen LogP) is 2.68. The molecule has 0 saturated heterocycles. The molecule has 4 rings (SSSR count). The Kier molecular flexibility index (Phi) is 1.98. The van der Waals surface area contributed by atoms with Gasteiger partial charge in [-0.15, -0.1) is 10.2 Å². The molecule has 0 amide bonds. The Morgan fingerprint density at radius 2 is 2.18 bits per heavy atom. The summed E-state index contributed by atoms with van der Waals surface area (Å²) in [5.74, 6) is 3.38. The Morgan fingerprint density at radius 1 is 1.24 bits per heavy atom. The van der Waals surface area contributed by atoms with Gasteiger partial charge in [-0.1, -0.05) is 18.0 Å². The van der Waals surface area contributed by atoms with E-state index < -0.39 is 0 Å². The molecule has 0 radical (unpaired) electrons. The van der Waals surface area contributed by atoms with Gasteiger partial charge < -0.3 is 0 Å². The van der Waals surface area contributed by atoms with Crippen LogP contribution >= 0.6 is 11.6 Å². The van der Waals surface area contributed by atoms with Gasteiger partial charge in [0.05, 0.1) is 0 Å². The molecule has 4 nitrogen and oxygen atoms in total. The van der Waals surface area contributed by atoms with Crippen molar-refractivity contribution in [3.8, 4) is 0 Å². The summed E-state index contributed by atoms with van der Waals surface area (Å²) in [6.45, 7) is 0. The van der Waals surface area contributed by atoms with Crippen LogP contribution < -0.4 is 0 Å². The number of fused-ring (bicyclic) bond motifs is 3. The van der Waals surface area contributed by atoms with Gasteiger partial charge in [0.2, 0.25) is 0 Å². The van der Waals surface area contributed by atoms with E-state index in [9.17, 15) is 0 Å². The van der Waals surface area contributed by atoms with Crippen molar-refractivity contribution in [1.29, 1.82) is 0 Å². The Balaban J connectivity index is 1.81. The Hall–Kier alpha value is -1.16. The van der Waals surface area contributed by atoms with Crippen LogP contribution in [0.15, 0.2) is 12.4 Å². The van der Waals surface area contributed by atoms with Crippen LogP contribution in [0.1, 0.15) is 37.4 Å². The summed E-state index contributed by atoms with van der Waals surface area (Å²) in [4.78, 5) is 4.12. The number of nitrogens with zero attached hydrogens (tertiary/aromatic N) is 4. The van der Waals surface area contributed by atoms with Gasteiger partial charge in [0, 0.05) is 12.0 Å². The largest absolute Gasteiger partial charge is 0.269 e. The lowest BCUT2D eigenvalue weighted by Crippen LogP contribution is -2.12. The van der Waals surface area contributed by atoms with Crippen molar-refractivity contribution in [2.24, 2.45) is 11.8 Å². The van der Waals surface area contributed by atoms with Gasteiger partial charge in [-0.25, -0.2) is 4.98 Å². The van der Waals surface area contributed by atoms with E-state index in [0.29, 0.717) is 11.1 Å². The first-order valence-electron chi connectivity index (χ1n) is 6.17. The normalized spacial score (nSPS) is 31.5. The monoisotopic (exact) mass is 248 g/mol. The van der Waals surface area contributed by atoms with Gasteiger partial charge in [0.25, 0.3) is 0 Å². The van der Waals surface area contributed by atoms with E-state index in [1.165, 1.54) is 25.7 Å². The van der Waals surface area contributed by atoms with E-state index >= 15 is 0 Å². The van der Waals surface area contributed by atoms with E-state index in [2.05, 4.69) is 15.2 Å². The highest BCUT2D eigenvalue weighted by Crippen LogP contribution is 2.52. The van der Waals surface area contributed by atoms with Crippen LogP contribution in [0.4, 0.5) is 0 Å². The second kappa shape index (κ2) is 3.42. The first kappa shape index (κ1) is 9.83. The zero-order chi connectivity index (χ0) is 11.4. The van der Waals surface area contributed by atoms with Crippen molar-refractivity contribution < 1.29 is 0 Å². The third kappa shape index (κ3) is 1.40. The lowest BCUT2D eigenvalue weighted by Gasteiger charge is -2.19. The minimum atomic E-state index is 0.476. The second-order valence-corrected chi connectivity index (χ2v) is 5.67. The van der Waals surface area contributed by atoms with Gasteiger partial charge in [-0.2, -0.15) is 0 Å². The molecule has 2 aromatic rings. The lowest BCUT2D eigenvalue weighted by molar-refractivity contribution is 0.403. The fourth-order valence-corrected chi connectivity index (χ4v) is 3.74. The maximum Gasteiger partial charge on any atom is 0.165 e. The van der Waals surface area contributed by atoms with E-state index in [-0.39, 0.29) is 0 Å². The summed E-state index contributed by atoms with van der Waals surface area (Å²) in [7, 11) is 0. The smallest absolute Gasteiger partial charge is 0.165 e. The standard InChI is InChI=1S/C12H13ClN4/c13-10-5-11-15-16-12(17(11)6-14-10)9-4-7-1-2-8(9)3-7/h5-9H,1-4H2. The summed E-state index contributed by atoms with van der Waals surface area (Å²) in [6, 6.07) is 1.77. The third-order valence-corrected chi connectivity index (χ3v) is 4.57. The molecule has 0 aliphatic heterocycles.